The molecule has 0 saturated carbocycles. The summed E-state index contributed by atoms with van der Waals surface area (Å²) in [5.74, 6) is 0.298. The van der Waals surface area contributed by atoms with E-state index in [9.17, 15) is 5.11 Å². The first-order chi connectivity index (χ1) is 7.97. The van der Waals surface area contributed by atoms with E-state index in [1.165, 1.54) is 11.1 Å². The van der Waals surface area contributed by atoms with Crippen molar-refractivity contribution in [2.24, 2.45) is 5.92 Å². The van der Waals surface area contributed by atoms with Crippen molar-refractivity contribution in [3.8, 4) is 0 Å². The van der Waals surface area contributed by atoms with Crippen LogP contribution < -0.4 is 0 Å². The Hall–Kier alpha value is -0.860. The zero-order valence-corrected chi connectivity index (χ0v) is 11.5. The van der Waals surface area contributed by atoms with Crippen LogP contribution in [-0.4, -0.2) is 17.8 Å². The number of rotatable bonds is 5. The van der Waals surface area contributed by atoms with Crippen molar-refractivity contribution in [3.05, 3.63) is 34.9 Å². The number of hydrogen-bond donors (Lipinski definition) is 1. The van der Waals surface area contributed by atoms with Gasteiger partial charge in [-0.1, -0.05) is 32.0 Å². The summed E-state index contributed by atoms with van der Waals surface area (Å²) in [6.45, 7) is 10.9. The van der Waals surface area contributed by atoms with Gasteiger partial charge in [-0.05, 0) is 43.4 Å². The maximum absolute atomic E-state index is 10.4. The minimum absolute atomic E-state index is 0.137. The highest BCUT2D eigenvalue weighted by Crippen LogP contribution is 2.26. The van der Waals surface area contributed by atoms with E-state index in [1.807, 2.05) is 13.0 Å². The Morgan fingerprint density at radius 2 is 1.82 bits per heavy atom. The lowest BCUT2D eigenvalue weighted by molar-refractivity contribution is -0.0585. The van der Waals surface area contributed by atoms with Crippen LogP contribution in [0.3, 0.4) is 0 Å². The molecule has 0 fully saturated rings. The van der Waals surface area contributed by atoms with Crippen molar-refractivity contribution in [3.63, 3.8) is 0 Å². The molecule has 2 nitrogen and oxygen atoms in total. The fourth-order valence-electron chi connectivity index (χ4n) is 1.98. The van der Waals surface area contributed by atoms with E-state index in [1.54, 1.807) is 0 Å². The molecule has 0 saturated heterocycles. The molecule has 0 bridgehead atoms. The Bertz CT molecular complexity index is 358. The van der Waals surface area contributed by atoms with Gasteiger partial charge in [0.2, 0.25) is 0 Å². The van der Waals surface area contributed by atoms with Crippen LogP contribution in [0.15, 0.2) is 18.2 Å². The molecule has 0 heterocycles. The highest BCUT2D eigenvalue weighted by molar-refractivity contribution is 5.31. The lowest BCUT2D eigenvalue weighted by Gasteiger charge is -2.26. The third kappa shape index (κ3) is 3.55. The van der Waals surface area contributed by atoms with Gasteiger partial charge in [-0.2, -0.15) is 0 Å². The lowest BCUT2D eigenvalue weighted by atomic mass is 9.94. The van der Waals surface area contributed by atoms with Crippen molar-refractivity contribution >= 4 is 0 Å². The van der Waals surface area contributed by atoms with Crippen LogP contribution in [0.5, 0.6) is 0 Å². The van der Waals surface area contributed by atoms with Crippen molar-refractivity contribution < 1.29 is 9.84 Å². The fourth-order valence-corrected chi connectivity index (χ4v) is 1.98. The van der Waals surface area contributed by atoms with E-state index < -0.39 is 6.10 Å². The van der Waals surface area contributed by atoms with Crippen LogP contribution in [0.4, 0.5) is 0 Å². The average molecular weight is 236 g/mol. The number of benzene rings is 1. The molecule has 1 aromatic rings. The Morgan fingerprint density at radius 3 is 2.29 bits per heavy atom. The normalized spacial score (nSPS) is 15.0. The number of hydrogen-bond acceptors (Lipinski definition) is 2. The Labute approximate surface area is 105 Å². The number of aryl methyl sites for hydroxylation is 2. The molecular formula is C15H24O2. The smallest absolute Gasteiger partial charge is 0.105 e. The van der Waals surface area contributed by atoms with Crippen molar-refractivity contribution in [2.75, 3.05) is 6.61 Å². The van der Waals surface area contributed by atoms with E-state index in [0.717, 1.165) is 5.56 Å². The summed E-state index contributed by atoms with van der Waals surface area (Å²) < 4.78 is 5.64. The maximum atomic E-state index is 10.4. The lowest BCUT2D eigenvalue weighted by Crippen LogP contribution is -2.27. The summed E-state index contributed by atoms with van der Waals surface area (Å²) in [5, 5.41) is 10.4. The first-order valence-corrected chi connectivity index (χ1v) is 6.34. The summed E-state index contributed by atoms with van der Waals surface area (Å²) in [4.78, 5) is 0. The summed E-state index contributed by atoms with van der Waals surface area (Å²) >= 11 is 0. The average Bonchev–Trinajstić information content (AvgIpc) is 2.28. The molecule has 0 spiro atoms. The van der Waals surface area contributed by atoms with E-state index in [-0.39, 0.29) is 6.10 Å². The van der Waals surface area contributed by atoms with Crippen LogP contribution in [0.2, 0.25) is 0 Å². The topological polar surface area (TPSA) is 29.5 Å². The maximum Gasteiger partial charge on any atom is 0.105 e. The molecule has 17 heavy (non-hydrogen) atoms. The SMILES string of the molecule is CCOC(C(C)C)C(O)c1ccc(C)c(C)c1. The second-order valence-electron chi connectivity index (χ2n) is 4.95. The molecule has 2 atom stereocenters. The molecule has 1 N–H and O–H groups in total. The predicted molar refractivity (Wildman–Crippen MR) is 71.1 cm³/mol. The molecule has 96 valence electrons. The minimum Gasteiger partial charge on any atom is -0.386 e. The zero-order valence-electron chi connectivity index (χ0n) is 11.5. The number of aliphatic hydroxyl groups is 1. The van der Waals surface area contributed by atoms with Gasteiger partial charge in [-0.3, -0.25) is 0 Å². The van der Waals surface area contributed by atoms with Crippen LogP contribution in [0.25, 0.3) is 0 Å². The van der Waals surface area contributed by atoms with E-state index in [2.05, 4.69) is 39.8 Å². The number of aliphatic hydroxyl groups excluding tert-OH is 1. The summed E-state index contributed by atoms with van der Waals surface area (Å²) in [5.41, 5.74) is 3.40. The largest absolute Gasteiger partial charge is 0.386 e. The highest BCUT2D eigenvalue weighted by Gasteiger charge is 2.24. The molecule has 0 radical (unpaired) electrons. The van der Waals surface area contributed by atoms with Gasteiger partial charge in [0.1, 0.15) is 6.10 Å². The van der Waals surface area contributed by atoms with Crippen molar-refractivity contribution in [1.29, 1.82) is 0 Å². The van der Waals surface area contributed by atoms with Crippen LogP contribution in [0, 0.1) is 19.8 Å². The van der Waals surface area contributed by atoms with Gasteiger partial charge < -0.3 is 9.84 Å². The second kappa shape index (κ2) is 6.18. The van der Waals surface area contributed by atoms with Gasteiger partial charge in [0.05, 0.1) is 6.10 Å². The van der Waals surface area contributed by atoms with Gasteiger partial charge in [0, 0.05) is 6.61 Å². The van der Waals surface area contributed by atoms with Crippen molar-refractivity contribution in [2.45, 2.75) is 46.8 Å². The molecular weight excluding hydrogens is 212 g/mol. The molecule has 0 aliphatic heterocycles. The van der Waals surface area contributed by atoms with Gasteiger partial charge in [0.25, 0.3) is 0 Å². The van der Waals surface area contributed by atoms with Crippen LogP contribution in [-0.2, 0) is 4.74 Å². The third-order valence-electron chi connectivity index (χ3n) is 3.20. The minimum atomic E-state index is -0.547. The summed E-state index contributed by atoms with van der Waals surface area (Å²) in [7, 11) is 0. The molecule has 0 aliphatic carbocycles. The van der Waals surface area contributed by atoms with Gasteiger partial charge in [0.15, 0.2) is 0 Å². The Balaban J connectivity index is 2.92. The number of ether oxygens (including phenoxy) is 1. The third-order valence-corrected chi connectivity index (χ3v) is 3.20. The van der Waals surface area contributed by atoms with Gasteiger partial charge in [-0.25, -0.2) is 0 Å². The molecule has 1 rings (SSSR count). The second-order valence-corrected chi connectivity index (χ2v) is 4.95. The first-order valence-electron chi connectivity index (χ1n) is 6.34. The first kappa shape index (κ1) is 14.2. The molecule has 0 aromatic heterocycles. The van der Waals surface area contributed by atoms with Crippen molar-refractivity contribution in [1.82, 2.24) is 0 Å². The molecule has 2 unspecified atom stereocenters. The molecule has 0 aliphatic rings. The predicted octanol–water partition coefficient (Wildman–Crippen LogP) is 3.40. The van der Waals surface area contributed by atoms with E-state index >= 15 is 0 Å². The van der Waals surface area contributed by atoms with E-state index in [4.69, 9.17) is 4.74 Å². The Kier molecular flexibility index (Phi) is 5.16. The highest BCUT2D eigenvalue weighted by atomic mass is 16.5. The molecule has 0 amide bonds. The van der Waals surface area contributed by atoms with Crippen LogP contribution in [0.1, 0.15) is 43.6 Å². The Morgan fingerprint density at radius 1 is 1.18 bits per heavy atom. The molecule has 1 aromatic carbocycles. The molecule has 2 heteroatoms. The van der Waals surface area contributed by atoms with E-state index in [0.29, 0.717) is 12.5 Å². The quantitative estimate of drug-likeness (QED) is 0.849. The standard InChI is InChI=1S/C15H24O2/c1-6-17-15(10(2)3)14(16)13-8-7-11(4)12(5)9-13/h7-10,14-16H,6H2,1-5H3. The van der Waals surface area contributed by atoms with Gasteiger partial charge in [-0.15, -0.1) is 0 Å². The summed E-state index contributed by atoms with van der Waals surface area (Å²) in [6.07, 6.45) is -0.684. The summed E-state index contributed by atoms with van der Waals surface area (Å²) in [6, 6.07) is 6.09. The monoisotopic (exact) mass is 236 g/mol. The van der Waals surface area contributed by atoms with Gasteiger partial charge >= 0.3 is 0 Å². The zero-order chi connectivity index (χ0) is 13.0. The fraction of sp³-hybridized carbons (Fsp3) is 0.600. The van der Waals surface area contributed by atoms with Crippen LogP contribution >= 0.6 is 0 Å².